The summed E-state index contributed by atoms with van der Waals surface area (Å²) in [5, 5.41) is 9.25. The van der Waals surface area contributed by atoms with Gasteiger partial charge >= 0.3 is 0 Å². The van der Waals surface area contributed by atoms with Crippen molar-refractivity contribution in [1.82, 2.24) is 4.90 Å². The first-order chi connectivity index (χ1) is 4.83. The summed E-state index contributed by atoms with van der Waals surface area (Å²) in [6.07, 6.45) is 2.93. The molecule has 0 radical (unpaired) electrons. The maximum atomic E-state index is 9.25. The largest absolute Gasteiger partial charge is 0.393 e. The first kappa shape index (κ1) is 8.37. The van der Waals surface area contributed by atoms with Gasteiger partial charge in [-0.1, -0.05) is 0 Å². The molecule has 1 atom stereocenters. The fourth-order valence-electron chi connectivity index (χ4n) is 1.28. The average Bonchev–Trinajstić information content (AvgIpc) is 2.14. The molecule has 60 valence electrons. The van der Waals surface area contributed by atoms with Crippen LogP contribution in [-0.2, 0) is 0 Å². The zero-order chi connectivity index (χ0) is 7.40. The molecule has 1 aliphatic heterocycles. The zero-order valence-corrected chi connectivity index (χ0v) is 7.06. The van der Waals surface area contributed by atoms with Gasteiger partial charge in [-0.3, -0.25) is 4.90 Å². The second kappa shape index (κ2) is 4.21. The summed E-state index contributed by atoms with van der Waals surface area (Å²) in [6.45, 7) is 2.10. The van der Waals surface area contributed by atoms with E-state index in [9.17, 15) is 5.11 Å². The molecule has 0 aliphatic carbocycles. The van der Waals surface area contributed by atoms with Crippen molar-refractivity contribution >= 4 is 12.6 Å². The number of hydrogen-bond donors (Lipinski definition) is 2. The maximum absolute atomic E-state index is 9.25. The van der Waals surface area contributed by atoms with Crippen LogP contribution >= 0.6 is 12.6 Å². The van der Waals surface area contributed by atoms with Gasteiger partial charge in [0, 0.05) is 12.4 Å². The van der Waals surface area contributed by atoms with Gasteiger partial charge in [-0.05, 0) is 25.8 Å². The molecule has 1 N–H and O–H groups in total. The minimum atomic E-state index is -0.0649. The van der Waals surface area contributed by atoms with E-state index in [1.165, 1.54) is 0 Å². The van der Waals surface area contributed by atoms with Crippen LogP contribution in [0.15, 0.2) is 0 Å². The number of thiol groups is 1. The minimum Gasteiger partial charge on any atom is -0.393 e. The molecule has 1 saturated heterocycles. The van der Waals surface area contributed by atoms with Gasteiger partial charge in [0.2, 0.25) is 0 Å². The van der Waals surface area contributed by atoms with Crippen molar-refractivity contribution in [3.05, 3.63) is 0 Å². The Balaban J connectivity index is 2.26. The molecule has 3 heteroatoms. The van der Waals surface area contributed by atoms with Gasteiger partial charge < -0.3 is 5.11 Å². The summed E-state index contributed by atoms with van der Waals surface area (Å²) < 4.78 is 0. The van der Waals surface area contributed by atoms with E-state index in [4.69, 9.17) is 0 Å². The molecule has 0 amide bonds. The van der Waals surface area contributed by atoms with E-state index in [0.29, 0.717) is 0 Å². The van der Waals surface area contributed by atoms with Crippen molar-refractivity contribution in [2.45, 2.75) is 25.4 Å². The Hall–Kier alpha value is 0.270. The Morgan fingerprint density at radius 1 is 1.40 bits per heavy atom. The normalized spacial score (nSPS) is 30.0. The summed E-state index contributed by atoms with van der Waals surface area (Å²) in [6, 6.07) is 0. The lowest BCUT2D eigenvalue weighted by Crippen LogP contribution is -2.23. The van der Waals surface area contributed by atoms with E-state index < -0.39 is 0 Å². The van der Waals surface area contributed by atoms with Crippen LogP contribution in [0.1, 0.15) is 19.3 Å². The van der Waals surface area contributed by atoms with Crippen molar-refractivity contribution in [3.63, 3.8) is 0 Å². The third-order valence-corrected chi connectivity index (χ3v) is 2.39. The molecule has 0 saturated carbocycles. The van der Waals surface area contributed by atoms with Gasteiger partial charge in [0.25, 0.3) is 0 Å². The Morgan fingerprint density at radius 2 is 2.20 bits per heavy atom. The molecule has 0 spiro atoms. The van der Waals surface area contributed by atoms with E-state index in [2.05, 4.69) is 17.5 Å². The van der Waals surface area contributed by atoms with Crippen molar-refractivity contribution in [3.8, 4) is 0 Å². The fourth-order valence-corrected chi connectivity index (χ4v) is 1.56. The molecule has 1 rings (SSSR count). The van der Waals surface area contributed by atoms with Crippen LogP contribution in [0.5, 0.6) is 0 Å². The Kier molecular flexibility index (Phi) is 3.52. The van der Waals surface area contributed by atoms with Gasteiger partial charge in [0.15, 0.2) is 0 Å². The van der Waals surface area contributed by atoms with E-state index in [-0.39, 0.29) is 6.10 Å². The van der Waals surface area contributed by atoms with Crippen LogP contribution in [0.4, 0.5) is 0 Å². The number of rotatable bonds is 1. The summed E-state index contributed by atoms with van der Waals surface area (Å²) in [5.41, 5.74) is 0. The lowest BCUT2D eigenvalue weighted by atomic mass is 10.2. The first-order valence-electron chi connectivity index (χ1n) is 3.84. The molecular weight excluding hydrogens is 146 g/mol. The Labute approximate surface area is 67.6 Å². The highest BCUT2D eigenvalue weighted by Gasteiger charge is 2.12. The molecule has 1 heterocycles. The molecule has 0 aromatic carbocycles. The van der Waals surface area contributed by atoms with Crippen LogP contribution in [0.2, 0.25) is 0 Å². The molecular formula is C7H15NOS. The molecule has 2 nitrogen and oxygen atoms in total. The smallest absolute Gasteiger partial charge is 0.0553 e. The van der Waals surface area contributed by atoms with E-state index in [1.807, 2.05) is 0 Å². The number of aliphatic hydroxyl groups is 1. The predicted octanol–water partition coefficient (Wildman–Crippen LogP) is 0.720. The zero-order valence-electron chi connectivity index (χ0n) is 6.16. The molecule has 1 aliphatic rings. The maximum Gasteiger partial charge on any atom is 0.0553 e. The van der Waals surface area contributed by atoms with Gasteiger partial charge in [0.05, 0.1) is 6.10 Å². The summed E-state index contributed by atoms with van der Waals surface area (Å²) in [5.74, 6) is 0.826. The average molecular weight is 161 g/mol. The van der Waals surface area contributed by atoms with Gasteiger partial charge in [-0.25, -0.2) is 0 Å². The van der Waals surface area contributed by atoms with Gasteiger partial charge in [-0.2, -0.15) is 12.6 Å². The third-order valence-electron chi connectivity index (χ3n) is 1.99. The van der Waals surface area contributed by atoms with Crippen LogP contribution < -0.4 is 0 Å². The van der Waals surface area contributed by atoms with Crippen LogP contribution in [0.3, 0.4) is 0 Å². The number of hydrogen-bond acceptors (Lipinski definition) is 3. The van der Waals surface area contributed by atoms with Gasteiger partial charge in [-0.15, -0.1) is 0 Å². The standard InChI is InChI=1S/C7H15NOS/c9-7-2-1-4-8(6-10)5-3-7/h7,9-10H,1-6H2. The molecule has 0 aromatic heterocycles. The highest BCUT2D eigenvalue weighted by Crippen LogP contribution is 2.10. The number of nitrogens with zero attached hydrogens (tertiary/aromatic N) is 1. The van der Waals surface area contributed by atoms with Crippen LogP contribution in [0, 0.1) is 0 Å². The molecule has 0 aromatic rings. The summed E-state index contributed by atoms with van der Waals surface area (Å²) >= 11 is 4.19. The summed E-state index contributed by atoms with van der Waals surface area (Å²) in [4.78, 5) is 2.26. The molecule has 0 bridgehead atoms. The second-order valence-corrected chi connectivity index (χ2v) is 3.13. The monoisotopic (exact) mass is 161 g/mol. The SMILES string of the molecule is OC1CCCN(CS)CC1. The topological polar surface area (TPSA) is 23.5 Å². The third kappa shape index (κ3) is 2.48. The van der Waals surface area contributed by atoms with E-state index in [1.54, 1.807) is 0 Å². The van der Waals surface area contributed by atoms with Crippen LogP contribution in [0.25, 0.3) is 0 Å². The summed E-state index contributed by atoms with van der Waals surface area (Å²) in [7, 11) is 0. The Morgan fingerprint density at radius 3 is 2.90 bits per heavy atom. The van der Waals surface area contributed by atoms with Crippen molar-refractivity contribution in [2.24, 2.45) is 0 Å². The van der Waals surface area contributed by atoms with Crippen molar-refractivity contribution in [2.75, 3.05) is 19.0 Å². The fraction of sp³-hybridized carbons (Fsp3) is 1.00. The van der Waals surface area contributed by atoms with Gasteiger partial charge in [0.1, 0.15) is 0 Å². The molecule has 10 heavy (non-hydrogen) atoms. The minimum absolute atomic E-state index is 0.0649. The first-order valence-corrected chi connectivity index (χ1v) is 4.47. The predicted molar refractivity (Wildman–Crippen MR) is 45.3 cm³/mol. The molecule has 1 fully saturated rings. The van der Waals surface area contributed by atoms with Crippen molar-refractivity contribution in [1.29, 1.82) is 0 Å². The quantitative estimate of drug-likeness (QED) is 0.554. The highest BCUT2D eigenvalue weighted by molar-refractivity contribution is 7.80. The molecule has 1 unspecified atom stereocenters. The van der Waals surface area contributed by atoms with E-state index >= 15 is 0 Å². The Bertz CT molecular complexity index is 99.6. The lowest BCUT2D eigenvalue weighted by Gasteiger charge is -2.15. The van der Waals surface area contributed by atoms with Crippen LogP contribution in [-0.4, -0.2) is 35.1 Å². The number of likely N-dealkylation sites (tertiary alicyclic amines) is 1. The number of aliphatic hydroxyl groups excluding tert-OH is 1. The lowest BCUT2D eigenvalue weighted by molar-refractivity contribution is 0.157. The van der Waals surface area contributed by atoms with E-state index in [0.717, 1.165) is 38.2 Å². The van der Waals surface area contributed by atoms with Crippen molar-refractivity contribution < 1.29 is 5.11 Å². The highest BCUT2D eigenvalue weighted by atomic mass is 32.1. The second-order valence-electron chi connectivity index (χ2n) is 2.84.